The molecule has 0 bridgehead atoms. The maximum atomic E-state index is 12.0. The molecule has 0 aliphatic heterocycles. The smallest absolute Gasteiger partial charge is 0.211 e. The summed E-state index contributed by atoms with van der Waals surface area (Å²) in [5, 5.41) is 0.400. The van der Waals surface area contributed by atoms with Crippen molar-refractivity contribution < 1.29 is 8.42 Å². The molecule has 0 saturated heterocycles. The second kappa shape index (κ2) is 5.67. The van der Waals surface area contributed by atoms with Gasteiger partial charge in [-0.3, -0.25) is 0 Å². The Morgan fingerprint density at radius 2 is 2.06 bits per heavy atom. The summed E-state index contributed by atoms with van der Waals surface area (Å²) in [5.74, 6) is 0.330. The summed E-state index contributed by atoms with van der Waals surface area (Å²) in [6, 6.07) is 4.70. The molecular formula is C11H12BrCl2NO2S. The van der Waals surface area contributed by atoms with E-state index >= 15 is 0 Å². The zero-order valence-corrected chi connectivity index (χ0v) is 13.3. The van der Waals surface area contributed by atoms with Crippen LogP contribution in [0, 0.1) is 5.92 Å². The Balaban J connectivity index is 2.06. The lowest BCUT2D eigenvalue weighted by Gasteiger charge is -2.30. The zero-order chi connectivity index (χ0) is 13.3. The van der Waals surface area contributed by atoms with Gasteiger partial charge in [0.15, 0.2) is 0 Å². The van der Waals surface area contributed by atoms with Crippen molar-refractivity contribution in [1.29, 1.82) is 0 Å². The first-order chi connectivity index (χ1) is 8.38. The van der Waals surface area contributed by atoms with Gasteiger partial charge < -0.3 is 0 Å². The van der Waals surface area contributed by atoms with Crippen LogP contribution in [0.1, 0.15) is 12.8 Å². The summed E-state index contributed by atoms with van der Waals surface area (Å²) in [4.78, 5) is 0.106. The van der Waals surface area contributed by atoms with Crippen LogP contribution in [0.25, 0.3) is 0 Å². The minimum Gasteiger partial charge on any atom is -0.211 e. The molecule has 1 fully saturated rings. The summed E-state index contributed by atoms with van der Waals surface area (Å²) in [6.07, 6.45) is 1.72. The lowest BCUT2D eigenvalue weighted by atomic mass is 9.85. The van der Waals surface area contributed by atoms with Crippen LogP contribution in [0.4, 0.5) is 0 Å². The van der Waals surface area contributed by atoms with E-state index in [0.29, 0.717) is 12.5 Å². The summed E-state index contributed by atoms with van der Waals surface area (Å²) in [5.41, 5.74) is 0. The van der Waals surface area contributed by atoms with E-state index in [1.54, 1.807) is 12.1 Å². The maximum Gasteiger partial charge on any atom is 0.242 e. The lowest BCUT2D eigenvalue weighted by molar-refractivity contribution is 0.324. The van der Waals surface area contributed by atoms with Crippen LogP contribution in [0.5, 0.6) is 0 Å². The normalized spacial score (nSPS) is 23.7. The summed E-state index contributed by atoms with van der Waals surface area (Å²) >= 11 is 15.0. The first-order valence-electron chi connectivity index (χ1n) is 5.47. The molecule has 1 aromatic rings. The minimum atomic E-state index is -3.54. The minimum absolute atomic E-state index is 0.106. The molecule has 0 aromatic heterocycles. The summed E-state index contributed by atoms with van der Waals surface area (Å²) < 4.78 is 27.4. The average molecular weight is 373 g/mol. The van der Waals surface area contributed by atoms with Gasteiger partial charge in [0.25, 0.3) is 0 Å². The Morgan fingerprint density at radius 1 is 1.39 bits per heavy atom. The number of hydrogen-bond acceptors (Lipinski definition) is 2. The van der Waals surface area contributed by atoms with Crippen LogP contribution in [0.2, 0.25) is 5.02 Å². The van der Waals surface area contributed by atoms with Gasteiger partial charge in [-0.15, -0.1) is 11.6 Å². The number of nitrogens with one attached hydrogen (secondary N) is 1. The van der Waals surface area contributed by atoms with Crippen LogP contribution in [0.15, 0.2) is 27.6 Å². The molecule has 2 rings (SSSR count). The fraction of sp³-hybridized carbons (Fsp3) is 0.455. The Morgan fingerprint density at radius 3 is 2.61 bits per heavy atom. The van der Waals surface area contributed by atoms with Crippen LogP contribution in [0.3, 0.4) is 0 Å². The number of sulfonamides is 1. The van der Waals surface area contributed by atoms with Crippen molar-refractivity contribution in [3.63, 3.8) is 0 Å². The highest BCUT2D eigenvalue weighted by molar-refractivity contribution is 9.10. The van der Waals surface area contributed by atoms with E-state index in [2.05, 4.69) is 20.7 Å². The molecule has 1 aromatic carbocycles. The van der Waals surface area contributed by atoms with Crippen molar-refractivity contribution in [3.05, 3.63) is 27.7 Å². The fourth-order valence-electron chi connectivity index (χ4n) is 1.82. The third-order valence-corrected chi connectivity index (χ3v) is 5.68. The second-order valence-electron chi connectivity index (χ2n) is 4.36. The summed E-state index contributed by atoms with van der Waals surface area (Å²) in [7, 11) is -3.54. The fourth-order valence-corrected chi connectivity index (χ4v) is 4.48. The van der Waals surface area contributed by atoms with Gasteiger partial charge in [-0.2, -0.15) is 0 Å². The second-order valence-corrected chi connectivity index (χ2v) is 8.04. The standard InChI is InChI=1S/C11H12BrCl2NO2S/c12-8-1-2-11(10(14)5-8)18(16,17)15-6-7-3-9(13)4-7/h1-2,5,7,9,15H,3-4,6H2. The molecule has 0 heterocycles. The topological polar surface area (TPSA) is 46.2 Å². The quantitative estimate of drug-likeness (QED) is 0.823. The highest BCUT2D eigenvalue weighted by Gasteiger charge is 2.29. The Hall–Kier alpha value is 0.190. The van der Waals surface area contributed by atoms with Crippen LogP contribution >= 0.6 is 39.1 Å². The van der Waals surface area contributed by atoms with E-state index in [9.17, 15) is 8.42 Å². The SMILES string of the molecule is O=S(=O)(NCC1CC(Cl)C1)c1ccc(Br)cc1Cl. The molecule has 100 valence electrons. The lowest BCUT2D eigenvalue weighted by Crippen LogP contribution is -2.36. The van der Waals surface area contributed by atoms with E-state index in [0.717, 1.165) is 17.3 Å². The zero-order valence-electron chi connectivity index (χ0n) is 9.37. The van der Waals surface area contributed by atoms with Crippen LogP contribution in [-0.2, 0) is 10.0 Å². The predicted octanol–water partition coefficient (Wildman–Crippen LogP) is 3.40. The van der Waals surface area contributed by atoms with Gasteiger partial charge in [0, 0.05) is 16.4 Å². The molecular weight excluding hydrogens is 361 g/mol. The van der Waals surface area contributed by atoms with Crippen molar-refractivity contribution >= 4 is 49.2 Å². The Labute approximate surface area is 125 Å². The third-order valence-electron chi connectivity index (χ3n) is 2.92. The van der Waals surface area contributed by atoms with Gasteiger partial charge in [0.1, 0.15) is 4.90 Å². The van der Waals surface area contributed by atoms with Crippen molar-refractivity contribution in [2.24, 2.45) is 5.92 Å². The molecule has 0 unspecified atom stereocenters. The molecule has 3 nitrogen and oxygen atoms in total. The van der Waals surface area contributed by atoms with E-state index in [4.69, 9.17) is 23.2 Å². The number of halogens is 3. The van der Waals surface area contributed by atoms with E-state index in [-0.39, 0.29) is 15.3 Å². The largest absolute Gasteiger partial charge is 0.242 e. The van der Waals surface area contributed by atoms with Crippen molar-refractivity contribution in [2.75, 3.05) is 6.54 Å². The average Bonchev–Trinajstić information content (AvgIpc) is 2.22. The number of hydrogen-bond donors (Lipinski definition) is 1. The van der Waals surface area contributed by atoms with E-state index in [1.807, 2.05) is 0 Å². The highest BCUT2D eigenvalue weighted by atomic mass is 79.9. The molecule has 0 radical (unpaired) electrons. The molecule has 1 N–H and O–H groups in total. The van der Waals surface area contributed by atoms with Crippen molar-refractivity contribution in [1.82, 2.24) is 4.72 Å². The molecule has 18 heavy (non-hydrogen) atoms. The third kappa shape index (κ3) is 3.39. The number of rotatable bonds is 4. The molecule has 1 aliphatic rings. The van der Waals surface area contributed by atoms with Gasteiger partial charge in [0.05, 0.1) is 5.02 Å². The Kier molecular flexibility index (Phi) is 4.60. The Bertz CT molecular complexity index is 544. The van der Waals surface area contributed by atoms with Crippen LogP contribution in [-0.4, -0.2) is 20.3 Å². The van der Waals surface area contributed by atoms with E-state index < -0.39 is 10.0 Å². The molecule has 0 atom stereocenters. The molecule has 0 amide bonds. The maximum absolute atomic E-state index is 12.0. The molecule has 1 aliphatic carbocycles. The van der Waals surface area contributed by atoms with Gasteiger partial charge in [-0.05, 0) is 37.0 Å². The van der Waals surface area contributed by atoms with Crippen LogP contribution < -0.4 is 4.72 Å². The summed E-state index contributed by atoms with van der Waals surface area (Å²) in [6.45, 7) is 0.415. The molecule has 1 saturated carbocycles. The first-order valence-corrected chi connectivity index (χ1v) is 8.56. The van der Waals surface area contributed by atoms with E-state index in [1.165, 1.54) is 6.07 Å². The van der Waals surface area contributed by atoms with Gasteiger partial charge in [-0.25, -0.2) is 13.1 Å². The molecule has 7 heteroatoms. The predicted molar refractivity (Wildman–Crippen MR) is 76.7 cm³/mol. The van der Waals surface area contributed by atoms with Crippen molar-refractivity contribution in [2.45, 2.75) is 23.1 Å². The number of alkyl halides is 1. The molecule has 0 spiro atoms. The van der Waals surface area contributed by atoms with Gasteiger partial charge in [-0.1, -0.05) is 27.5 Å². The number of benzene rings is 1. The van der Waals surface area contributed by atoms with Crippen molar-refractivity contribution in [3.8, 4) is 0 Å². The van der Waals surface area contributed by atoms with Gasteiger partial charge >= 0.3 is 0 Å². The van der Waals surface area contributed by atoms with Gasteiger partial charge in [0.2, 0.25) is 10.0 Å². The monoisotopic (exact) mass is 371 g/mol. The first kappa shape index (κ1) is 14.6. The highest BCUT2D eigenvalue weighted by Crippen LogP contribution is 2.32.